The van der Waals surface area contributed by atoms with Crippen LogP contribution in [0.2, 0.25) is 5.02 Å². The Bertz CT molecular complexity index is 976. The molecular weight excluding hydrogens is 460 g/mol. The molecule has 1 aliphatic rings. The van der Waals surface area contributed by atoms with Gasteiger partial charge in [0.2, 0.25) is 11.0 Å². The lowest BCUT2D eigenvalue weighted by molar-refractivity contribution is -0.122. The maximum absolute atomic E-state index is 12.7. The van der Waals surface area contributed by atoms with Gasteiger partial charge in [0.05, 0.1) is 4.91 Å². The fourth-order valence-electron chi connectivity index (χ4n) is 2.79. The average Bonchev–Trinajstić information content (AvgIpc) is 3.28. The van der Waals surface area contributed by atoms with Crippen LogP contribution in [0.4, 0.5) is 5.13 Å². The van der Waals surface area contributed by atoms with E-state index in [9.17, 15) is 9.59 Å². The van der Waals surface area contributed by atoms with Gasteiger partial charge < -0.3 is 5.32 Å². The molecule has 1 N–H and O–H groups in total. The lowest BCUT2D eigenvalue weighted by atomic mass is 10.1. The zero-order valence-corrected chi connectivity index (χ0v) is 19.6. The SMILES string of the molecule is CCc1nnc(NC(=O)CCCCCN2C(=O)C(=Cc3ccccc3Cl)SC2=S)s1. The van der Waals surface area contributed by atoms with Crippen molar-refractivity contribution in [1.82, 2.24) is 15.1 Å². The molecule has 1 aromatic heterocycles. The minimum absolute atomic E-state index is 0.0675. The van der Waals surface area contributed by atoms with Crippen LogP contribution in [0, 0.1) is 0 Å². The van der Waals surface area contributed by atoms with Gasteiger partial charge in [0.25, 0.3) is 5.91 Å². The first-order chi connectivity index (χ1) is 14.5. The molecule has 2 amide bonds. The number of hydrogen-bond donors (Lipinski definition) is 1. The number of rotatable bonds is 9. The molecule has 30 heavy (non-hydrogen) atoms. The van der Waals surface area contributed by atoms with E-state index in [0.29, 0.717) is 32.3 Å². The third-order valence-corrected chi connectivity index (χ3v) is 7.07. The van der Waals surface area contributed by atoms with Gasteiger partial charge in [-0.1, -0.05) is 78.5 Å². The number of halogens is 1. The van der Waals surface area contributed by atoms with E-state index in [1.807, 2.05) is 25.1 Å². The number of nitrogens with one attached hydrogen (secondary N) is 1. The van der Waals surface area contributed by atoms with Crippen LogP contribution in [0.3, 0.4) is 0 Å². The van der Waals surface area contributed by atoms with Crippen LogP contribution in [0.5, 0.6) is 0 Å². The molecule has 0 unspecified atom stereocenters. The number of aromatic nitrogens is 2. The van der Waals surface area contributed by atoms with Crippen molar-refractivity contribution in [2.75, 3.05) is 11.9 Å². The predicted octanol–water partition coefficient (Wildman–Crippen LogP) is 5.15. The molecule has 2 heterocycles. The van der Waals surface area contributed by atoms with Gasteiger partial charge in [-0.15, -0.1) is 10.2 Å². The normalized spacial score (nSPS) is 15.3. The largest absolute Gasteiger partial charge is 0.301 e. The molecule has 158 valence electrons. The van der Waals surface area contributed by atoms with Crippen LogP contribution >= 0.6 is 46.9 Å². The number of benzene rings is 1. The lowest BCUT2D eigenvalue weighted by Crippen LogP contribution is -2.29. The minimum atomic E-state index is -0.0920. The molecular formula is C20H21ClN4O2S3. The average molecular weight is 481 g/mol. The molecule has 0 spiro atoms. The van der Waals surface area contributed by atoms with Gasteiger partial charge in [0.1, 0.15) is 9.33 Å². The maximum atomic E-state index is 12.7. The van der Waals surface area contributed by atoms with Gasteiger partial charge in [0.15, 0.2) is 0 Å². The topological polar surface area (TPSA) is 75.2 Å². The Kier molecular flexibility index (Phi) is 8.38. The molecule has 0 aliphatic carbocycles. The smallest absolute Gasteiger partial charge is 0.266 e. The molecule has 1 aromatic carbocycles. The summed E-state index contributed by atoms with van der Waals surface area (Å²) in [6.45, 7) is 2.54. The third-order valence-electron chi connectivity index (χ3n) is 4.37. The number of amides is 2. The minimum Gasteiger partial charge on any atom is -0.301 e. The summed E-state index contributed by atoms with van der Waals surface area (Å²) in [5, 5.41) is 12.7. The maximum Gasteiger partial charge on any atom is 0.266 e. The van der Waals surface area contributed by atoms with Crippen molar-refractivity contribution in [2.45, 2.75) is 39.0 Å². The number of hydrogen-bond acceptors (Lipinski definition) is 7. The van der Waals surface area contributed by atoms with Gasteiger partial charge in [-0.3, -0.25) is 14.5 Å². The molecule has 2 aromatic rings. The summed E-state index contributed by atoms with van der Waals surface area (Å²) in [4.78, 5) is 26.9. The molecule has 0 saturated carbocycles. The van der Waals surface area contributed by atoms with Crippen molar-refractivity contribution in [1.29, 1.82) is 0 Å². The highest BCUT2D eigenvalue weighted by Gasteiger charge is 2.31. The number of thiocarbonyl (C=S) groups is 1. The van der Waals surface area contributed by atoms with E-state index < -0.39 is 0 Å². The molecule has 3 rings (SSSR count). The molecule has 1 fully saturated rings. The number of unbranched alkanes of at least 4 members (excludes halogenated alkanes) is 2. The zero-order valence-electron chi connectivity index (χ0n) is 16.4. The van der Waals surface area contributed by atoms with E-state index in [-0.39, 0.29) is 11.8 Å². The number of carbonyl (C=O) groups is 2. The van der Waals surface area contributed by atoms with Crippen LogP contribution in [-0.4, -0.2) is 37.8 Å². The molecule has 6 nitrogen and oxygen atoms in total. The molecule has 1 aliphatic heterocycles. The van der Waals surface area contributed by atoms with E-state index in [1.54, 1.807) is 17.0 Å². The van der Waals surface area contributed by atoms with Gasteiger partial charge in [-0.25, -0.2) is 0 Å². The summed E-state index contributed by atoms with van der Waals surface area (Å²) in [7, 11) is 0. The van der Waals surface area contributed by atoms with Crippen molar-refractivity contribution < 1.29 is 9.59 Å². The Morgan fingerprint density at radius 2 is 2.07 bits per heavy atom. The Hall–Kier alpha value is -1.81. The standard InChI is InChI=1S/C20H21ClN4O2S3/c1-2-17-23-24-19(30-17)22-16(26)10-4-3-7-11-25-18(27)15(29-20(25)28)12-13-8-5-6-9-14(13)21/h5-6,8-9,12H,2-4,7,10-11H2,1H3,(H,22,24,26). The first-order valence-corrected chi connectivity index (χ1v) is 12.0. The number of aryl methyl sites for hydroxylation is 1. The number of nitrogens with zero attached hydrogens (tertiary/aromatic N) is 3. The second-order valence-corrected chi connectivity index (χ2v) is 9.71. The molecule has 0 atom stereocenters. The van der Waals surface area contributed by atoms with Crippen LogP contribution in [0.1, 0.15) is 43.2 Å². The van der Waals surface area contributed by atoms with Crippen molar-refractivity contribution in [2.24, 2.45) is 0 Å². The highest BCUT2D eigenvalue weighted by Crippen LogP contribution is 2.33. The first-order valence-electron chi connectivity index (χ1n) is 9.60. The fourth-order valence-corrected chi connectivity index (χ4v) is 4.97. The van der Waals surface area contributed by atoms with E-state index >= 15 is 0 Å². The van der Waals surface area contributed by atoms with Gasteiger partial charge in [0, 0.05) is 18.0 Å². The Balaban J connectivity index is 1.41. The molecule has 10 heteroatoms. The number of thioether (sulfide) groups is 1. The summed E-state index contributed by atoms with van der Waals surface area (Å²) in [6, 6.07) is 7.38. The summed E-state index contributed by atoms with van der Waals surface area (Å²) in [6.07, 6.45) is 5.32. The molecule has 0 bridgehead atoms. The van der Waals surface area contributed by atoms with Crippen LogP contribution in [-0.2, 0) is 16.0 Å². The van der Waals surface area contributed by atoms with E-state index in [1.165, 1.54) is 23.1 Å². The van der Waals surface area contributed by atoms with Crippen molar-refractivity contribution in [3.8, 4) is 0 Å². The summed E-state index contributed by atoms with van der Waals surface area (Å²) in [5.74, 6) is -0.159. The van der Waals surface area contributed by atoms with E-state index in [2.05, 4.69) is 15.5 Å². The van der Waals surface area contributed by atoms with Crippen molar-refractivity contribution in [3.63, 3.8) is 0 Å². The molecule has 0 radical (unpaired) electrons. The summed E-state index contributed by atoms with van der Waals surface area (Å²) < 4.78 is 0.555. The second-order valence-electron chi connectivity index (χ2n) is 6.57. The lowest BCUT2D eigenvalue weighted by Gasteiger charge is -2.14. The number of anilines is 1. The van der Waals surface area contributed by atoms with Gasteiger partial charge in [-0.05, 0) is 37.0 Å². The monoisotopic (exact) mass is 480 g/mol. The van der Waals surface area contributed by atoms with Crippen molar-refractivity contribution in [3.05, 3.63) is 44.8 Å². The van der Waals surface area contributed by atoms with E-state index in [0.717, 1.165) is 36.3 Å². The first kappa shape index (κ1) is 22.9. The summed E-state index contributed by atoms with van der Waals surface area (Å²) >= 11 is 14.2. The highest BCUT2D eigenvalue weighted by molar-refractivity contribution is 8.26. The quantitative estimate of drug-likeness (QED) is 0.304. The van der Waals surface area contributed by atoms with Crippen LogP contribution < -0.4 is 5.32 Å². The number of carbonyl (C=O) groups excluding carboxylic acids is 2. The van der Waals surface area contributed by atoms with Crippen LogP contribution in [0.25, 0.3) is 6.08 Å². The summed E-state index contributed by atoms with van der Waals surface area (Å²) in [5.41, 5.74) is 0.798. The van der Waals surface area contributed by atoms with Crippen molar-refractivity contribution >= 4 is 74.3 Å². The van der Waals surface area contributed by atoms with Gasteiger partial charge in [-0.2, -0.15) is 0 Å². The Labute approximate surface area is 194 Å². The third kappa shape index (κ3) is 6.10. The molecule has 1 saturated heterocycles. The fraction of sp³-hybridized carbons (Fsp3) is 0.350. The van der Waals surface area contributed by atoms with Crippen LogP contribution in [0.15, 0.2) is 29.2 Å². The highest BCUT2D eigenvalue weighted by atomic mass is 35.5. The Morgan fingerprint density at radius 1 is 1.27 bits per heavy atom. The predicted molar refractivity (Wildman–Crippen MR) is 128 cm³/mol. The van der Waals surface area contributed by atoms with E-state index in [4.69, 9.17) is 23.8 Å². The second kappa shape index (κ2) is 11.0. The Morgan fingerprint density at radius 3 is 2.80 bits per heavy atom. The van der Waals surface area contributed by atoms with Gasteiger partial charge >= 0.3 is 0 Å². The zero-order chi connectivity index (χ0) is 21.5.